The maximum atomic E-state index is 8.80. The smallest absolute Gasteiger partial charge is 0.0991 e. The van der Waals surface area contributed by atoms with Crippen molar-refractivity contribution in [3.63, 3.8) is 0 Å². The lowest BCUT2D eigenvalue weighted by atomic mass is 10.1. The van der Waals surface area contributed by atoms with Crippen LogP contribution in [0.4, 0.5) is 5.69 Å². The molecule has 2 aromatic carbocycles. The predicted octanol–water partition coefficient (Wildman–Crippen LogP) is 3.89. The van der Waals surface area contributed by atoms with E-state index in [0.717, 1.165) is 13.1 Å². The van der Waals surface area contributed by atoms with Crippen LogP contribution in [0.3, 0.4) is 0 Å². The number of anilines is 1. The van der Waals surface area contributed by atoms with Crippen LogP contribution in [0, 0.1) is 18.3 Å². The maximum absolute atomic E-state index is 8.80. The second-order valence-corrected chi connectivity index (χ2v) is 4.66. The zero-order chi connectivity index (χ0) is 13.7. The predicted molar refractivity (Wildman–Crippen MR) is 79.1 cm³/mol. The highest BCUT2D eigenvalue weighted by atomic mass is 15.1. The first-order valence-corrected chi connectivity index (χ1v) is 6.53. The Balaban J connectivity index is 2.14. The van der Waals surface area contributed by atoms with Gasteiger partial charge in [-0.25, -0.2) is 0 Å². The van der Waals surface area contributed by atoms with E-state index in [1.54, 1.807) is 0 Å². The number of nitriles is 1. The van der Waals surface area contributed by atoms with Crippen LogP contribution in [0.1, 0.15) is 23.6 Å². The first-order valence-electron chi connectivity index (χ1n) is 6.53. The zero-order valence-electron chi connectivity index (χ0n) is 11.4. The van der Waals surface area contributed by atoms with Crippen molar-refractivity contribution in [2.45, 2.75) is 20.4 Å². The zero-order valence-corrected chi connectivity index (χ0v) is 11.4. The largest absolute Gasteiger partial charge is 0.367 e. The van der Waals surface area contributed by atoms with Gasteiger partial charge in [0, 0.05) is 18.8 Å². The average molecular weight is 250 g/mol. The van der Waals surface area contributed by atoms with Gasteiger partial charge in [-0.3, -0.25) is 0 Å². The minimum atomic E-state index is 0.710. The second-order valence-electron chi connectivity index (χ2n) is 4.66. The van der Waals surface area contributed by atoms with E-state index in [1.165, 1.54) is 16.8 Å². The molecule has 0 atom stereocenters. The highest BCUT2D eigenvalue weighted by Crippen LogP contribution is 2.18. The lowest BCUT2D eigenvalue weighted by molar-refractivity contribution is 0.831. The summed E-state index contributed by atoms with van der Waals surface area (Å²) in [5.74, 6) is 0. The molecule has 0 spiro atoms. The van der Waals surface area contributed by atoms with Crippen LogP contribution in [0.15, 0.2) is 48.5 Å². The normalized spacial score (nSPS) is 9.95. The van der Waals surface area contributed by atoms with Gasteiger partial charge in [-0.1, -0.05) is 29.8 Å². The van der Waals surface area contributed by atoms with E-state index in [4.69, 9.17) is 5.26 Å². The maximum Gasteiger partial charge on any atom is 0.0991 e. The van der Waals surface area contributed by atoms with Crippen molar-refractivity contribution >= 4 is 5.69 Å². The standard InChI is InChI=1S/C17H18N2/c1-3-19(17-10-4-14(2)5-11-17)13-16-8-6-15(12-18)7-9-16/h4-11H,3,13H2,1-2H3. The van der Waals surface area contributed by atoms with Gasteiger partial charge in [-0.15, -0.1) is 0 Å². The molecule has 0 bridgehead atoms. The molecule has 0 unspecified atom stereocenters. The number of rotatable bonds is 4. The van der Waals surface area contributed by atoms with E-state index >= 15 is 0 Å². The van der Waals surface area contributed by atoms with Gasteiger partial charge >= 0.3 is 0 Å². The molecule has 2 nitrogen and oxygen atoms in total. The highest BCUT2D eigenvalue weighted by molar-refractivity contribution is 5.48. The van der Waals surface area contributed by atoms with E-state index in [9.17, 15) is 0 Å². The Hall–Kier alpha value is -2.27. The number of hydrogen-bond acceptors (Lipinski definition) is 2. The number of aryl methyl sites for hydroxylation is 1. The average Bonchev–Trinajstić information content (AvgIpc) is 2.46. The van der Waals surface area contributed by atoms with Crippen molar-refractivity contribution in [1.82, 2.24) is 0 Å². The Morgan fingerprint density at radius 2 is 1.63 bits per heavy atom. The third-order valence-electron chi connectivity index (χ3n) is 3.24. The van der Waals surface area contributed by atoms with Crippen LogP contribution >= 0.6 is 0 Å². The molecule has 0 amide bonds. The Morgan fingerprint density at radius 1 is 1.00 bits per heavy atom. The van der Waals surface area contributed by atoms with Crippen molar-refractivity contribution in [3.05, 3.63) is 65.2 Å². The summed E-state index contributed by atoms with van der Waals surface area (Å²) in [5.41, 5.74) is 4.44. The Labute approximate surface area is 114 Å². The summed E-state index contributed by atoms with van der Waals surface area (Å²) in [5, 5.41) is 8.80. The fraction of sp³-hybridized carbons (Fsp3) is 0.235. The van der Waals surface area contributed by atoms with Gasteiger partial charge in [0.05, 0.1) is 11.6 Å². The summed E-state index contributed by atoms with van der Waals surface area (Å²) in [7, 11) is 0. The van der Waals surface area contributed by atoms with Gasteiger partial charge in [-0.2, -0.15) is 5.26 Å². The SMILES string of the molecule is CCN(Cc1ccc(C#N)cc1)c1ccc(C)cc1. The molecule has 19 heavy (non-hydrogen) atoms. The van der Waals surface area contributed by atoms with Gasteiger partial charge < -0.3 is 4.90 Å². The monoisotopic (exact) mass is 250 g/mol. The fourth-order valence-corrected chi connectivity index (χ4v) is 2.05. The third kappa shape index (κ3) is 3.35. The molecule has 0 radical (unpaired) electrons. The molecule has 0 heterocycles. The molecule has 0 saturated heterocycles. The molecule has 0 fully saturated rings. The van der Waals surface area contributed by atoms with Crippen LogP contribution in [0.5, 0.6) is 0 Å². The molecule has 0 aromatic heterocycles. The third-order valence-corrected chi connectivity index (χ3v) is 3.24. The molecular weight excluding hydrogens is 232 g/mol. The van der Waals surface area contributed by atoms with Crippen LogP contribution < -0.4 is 4.90 Å². The highest BCUT2D eigenvalue weighted by Gasteiger charge is 2.05. The van der Waals surface area contributed by atoms with E-state index in [1.807, 2.05) is 24.3 Å². The van der Waals surface area contributed by atoms with Crippen LogP contribution in [-0.2, 0) is 6.54 Å². The summed E-state index contributed by atoms with van der Waals surface area (Å²) >= 11 is 0. The second kappa shape index (κ2) is 6.06. The van der Waals surface area contributed by atoms with Crippen LogP contribution in [0.2, 0.25) is 0 Å². The molecule has 0 saturated carbocycles. The molecule has 0 aliphatic heterocycles. The molecule has 0 aliphatic rings. The van der Waals surface area contributed by atoms with Gasteiger partial charge in [0.1, 0.15) is 0 Å². The lowest BCUT2D eigenvalue weighted by Crippen LogP contribution is -2.21. The van der Waals surface area contributed by atoms with E-state index < -0.39 is 0 Å². The molecule has 2 heteroatoms. The number of hydrogen-bond donors (Lipinski definition) is 0. The van der Waals surface area contributed by atoms with Gasteiger partial charge in [0.25, 0.3) is 0 Å². The molecule has 2 rings (SSSR count). The van der Waals surface area contributed by atoms with E-state index in [0.29, 0.717) is 5.56 Å². The van der Waals surface area contributed by atoms with Crippen molar-refractivity contribution in [1.29, 1.82) is 5.26 Å². The fourth-order valence-electron chi connectivity index (χ4n) is 2.05. The Morgan fingerprint density at radius 3 is 2.16 bits per heavy atom. The molecule has 0 aliphatic carbocycles. The molecular formula is C17H18N2. The summed E-state index contributed by atoms with van der Waals surface area (Å²) in [4.78, 5) is 2.32. The molecule has 96 valence electrons. The van der Waals surface area contributed by atoms with Gasteiger partial charge in [0.2, 0.25) is 0 Å². The minimum absolute atomic E-state index is 0.710. The van der Waals surface area contributed by atoms with Gasteiger partial charge in [-0.05, 0) is 43.7 Å². The van der Waals surface area contributed by atoms with E-state index in [-0.39, 0.29) is 0 Å². The number of nitrogens with zero attached hydrogens (tertiary/aromatic N) is 2. The summed E-state index contributed by atoms with van der Waals surface area (Å²) in [6.45, 7) is 6.08. The number of benzene rings is 2. The first-order chi connectivity index (χ1) is 9.22. The minimum Gasteiger partial charge on any atom is -0.367 e. The molecule has 0 N–H and O–H groups in total. The van der Waals surface area contributed by atoms with Crippen molar-refractivity contribution in [2.75, 3.05) is 11.4 Å². The van der Waals surface area contributed by atoms with Crippen molar-refractivity contribution in [2.24, 2.45) is 0 Å². The van der Waals surface area contributed by atoms with E-state index in [2.05, 4.69) is 49.1 Å². The first kappa shape index (κ1) is 13.2. The van der Waals surface area contributed by atoms with Crippen molar-refractivity contribution in [3.8, 4) is 6.07 Å². The quantitative estimate of drug-likeness (QED) is 0.823. The lowest BCUT2D eigenvalue weighted by Gasteiger charge is -2.23. The van der Waals surface area contributed by atoms with Crippen molar-refractivity contribution < 1.29 is 0 Å². The Bertz CT molecular complexity index is 562. The molecule has 2 aromatic rings. The Kier molecular flexibility index (Phi) is 4.20. The topological polar surface area (TPSA) is 27.0 Å². The van der Waals surface area contributed by atoms with Crippen LogP contribution in [0.25, 0.3) is 0 Å². The van der Waals surface area contributed by atoms with Gasteiger partial charge in [0.15, 0.2) is 0 Å². The summed E-state index contributed by atoms with van der Waals surface area (Å²) < 4.78 is 0. The summed E-state index contributed by atoms with van der Waals surface area (Å²) in [6, 6.07) is 18.5. The summed E-state index contributed by atoms with van der Waals surface area (Å²) in [6.07, 6.45) is 0. The van der Waals surface area contributed by atoms with Crippen LogP contribution in [-0.4, -0.2) is 6.54 Å².